The lowest BCUT2D eigenvalue weighted by Gasteiger charge is -2.22. The van der Waals surface area contributed by atoms with Crippen molar-refractivity contribution in [1.29, 1.82) is 0 Å². The molecule has 2 rings (SSSR count). The normalized spacial score (nSPS) is 20.2. The van der Waals surface area contributed by atoms with Crippen LogP contribution in [0.5, 0.6) is 0 Å². The molecule has 1 N–H and O–H groups in total. The van der Waals surface area contributed by atoms with Crippen molar-refractivity contribution >= 4 is 5.97 Å². The average molecular weight is 192 g/mol. The third-order valence-corrected chi connectivity index (χ3v) is 2.55. The van der Waals surface area contributed by atoms with Crippen molar-refractivity contribution in [2.24, 2.45) is 0 Å². The predicted octanol–water partition coefficient (Wildman–Crippen LogP) is 2.02. The third-order valence-electron chi connectivity index (χ3n) is 2.55. The number of carboxylic acids is 1. The second kappa shape index (κ2) is 3.42. The lowest BCUT2D eigenvalue weighted by molar-refractivity contribution is 0.0695. The van der Waals surface area contributed by atoms with Gasteiger partial charge < -0.3 is 9.84 Å². The first-order valence-electron chi connectivity index (χ1n) is 4.62. The number of rotatable bonds is 1. The van der Waals surface area contributed by atoms with E-state index in [0.717, 1.165) is 11.1 Å². The molecule has 0 bridgehead atoms. The summed E-state index contributed by atoms with van der Waals surface area (Å²) in [6.45, 7) is 3.32. The molecule has 1 aromatic carbocycles. The quantitative estimate of drug-likeness (QED) is 0.740. The summed E-state index contributed by atoms with van der Waals surface area (Å²) in [4.78, 5) is 10.8. The SMILES string of the molecule is CC1COCc2ccc(C(=O)O)cc21. The molecule has 0 radical (unpaired) electrons. The number of benzene rings is 1. The highest BCUT2D eigenvalue weighted by Gasteiger charge is 2.18. The molecule has 1 heterocycles. The van der Waals surface area contributed by atoms with Crippen LogP contribution in [-0.4, -0.2) is 17.7 Å². The van der Waals surface area contributed by atoms with Gasteiger partial charge in [0.2, 0.25) is 0 Å². The van der Waals surface area contributed by atoms with Crippen molar-refractivity contribution in [1.82, 2.24) is 0 Å². The highest BCUT2D eigenvalue weighted by atomic mass is 16.5. The molecule has 0 spiro atoms. The zero-order chi connectivity index (χ0) is 10.1. The summed E-state index contributed by atoms with van der Waals surface area (Å²) < 4.78 is 5.36. The van der Waals surface area contributed by atoms with Crippen LogP contribution in [0, 0.1) is 0 Å². The number of carboxylic acid groups (broad SMARTS) is 1. The Hall–Kier alpha value is -1.35. The van der Waals surface area contributed by atoms with Crippen molar-refractivity contribution in [2.75, 3.05) is 6.61 Å². The van der Waals surface area contributed by atoms with E-state index in [9.17, 15) is 4.79 Å². The van der Waals surface area contributed by atoms with Crippen LogP contribution >= 0.6 is 0 Å². The molecule has 0 saturated carbocycles. The number of carbonyl (C=O) groups is 1. The third kappa shape index (κ3) is 1.51. The monoisotopic (exact) mass is 192 g/mol. The maximum Gasteiger partial charge on any atom is 0.335 e. The summed E-state index contributed by atoms with van der Waals surface area (Å²) in [7, 11) is 0. The van der Waals surface area contributed by atoms with E-state index in [-0.39, 0.29) is 5.92 Å². The Kier molecular flexibility index (Phi) is 2.25. The van der Waals surface area contributed by atoms with Gasteiger partial charge in [0.05, 0.1) is 18.8 Å². The summed E-state index contributed by atoms with van der Waals surface area (Å²) >= 11 is 0. The van der Waals surface area contributed by atoms with Crippen LogP contribution in [0.15, 0.2) is 18.2 Å². The van der Waals surface area contributed by atoms with Crippen LogP contribution < -0.4 is 0 Å². The molecule has 1 atom stereocenters. The Morgan fingerprint density at radius 1 is 1.57 bits per heavy atom. The van der Waals surface area contributed by atoms with Crippen LogP contribution in [-0.2, 0) is 11.3 Å². The lowest BCUT2D eigenvalue weighted by Crippen LogP contribution is -2.15. The smallest absolute Gasteiger partial charge is 0.335 e. The minimum absolute atomic E-state index is 0.290. The van der Waals surface area contributed by atoms with Crippen LogP contribution in [0.2, 0.25) is 0 Å². The number of ether oxygens (including phenoxy) is 1. The number of aromatic carboxylic acids is 1. The summed E-state index contributed by atoms with van der Waals surface area (Å²) in [5.41, 5.74) is 2.57. The molecule has 1 unspecified atom stereocenters. The van der Waals surface area contributed by atoms with E-state index in [4.69, 9.17) is 9.84 Å². The summed E-state index contributed by atoms with van der Waals surface area (Å²) in [5, 5.41) is 8.84. The van der Waals surface area contributed by atoms with Gasteiger partial charge in [-0.05, 0) is 23.3 Å². The van der Waals surface area contributed by atoms with Crippen molar-refractivity contribution in [3.05, 3.63) is 34.9 Å². The molecule has 74 valence electrons. The largest absolute Gasteiger partial charge is 0.478 e. The minimum Gasteiger partial charge on any atom is -0.478 e. The first-order chi connectivity index (χ1) is 6.68. The van der Waals surface area contributed by atoms with Crippen LogP contribution in [0.1, 0.15) is 34.3 Å². The Morgan fingerprint density at radius 3 is 3.07 bits per heavy atom. The predicted molar refractivity (Wildman–Crippen MR) is 51.5 cm³/mol. The molecule has 1 aliphatic rings. The Labute approximate surface area is 82.3 Å². The van der Waals surface area contributed by atoms with Gasteiger partial charge in [0, 0.05) is 5.92 Å². The first-order valence-corrected chi connectivity index (χ1v) is 4.62. The van der Waals surface area contributed by atoms with E-state index in [1.54, 1.807) is 12.1 Å². The van der Waals surface area contributed by atoms with Crippen molar-refractivity contribution in [2.45, 2.75) is 19.4 Å². The fourth-order valence-electron chi connectivity index (χ4n) is 1.75. The molecule has 3 nitrogen and oxygen atoms in total. The van der Waals surface area contributed by atoms with Gasteiger partial charge in [-0.15, -0.1) is 0 Å². The van der Waals surface area contributed by atoms with Gasteiger partial charge in [0.15, 0.2) is 0 Å². The zero-order valence-corrected chi connectivity index (χ0v) is 7.99. The fraction of sp³-hybridized carbons (Fsp3) is 0.364. The average Bonchev–Trinajstić information content (AvgIpc) is 2.18. The molecule has 0 aliphatic carbocycles. The molecule has 0 saturated heterocycles. The van der Waals surface area contributed by atoms with Gasteiger partial charge in [-0.1, -0.05) is 13.0 Å². The zero-order valence-electron chi connectivity index (χ0n) is 7.99. The van der Waals surface area contributed by atoms with E-state index >= 15 is 0 Å². The van der Waals surface area contributed by atoms with Crippen LogP contribution in [0.3, 0.4) is 0 Å². The molecule has 1 aliphatic heterocycles. The van der Waals surface area contributed by atoms with Gasteiger partial charge in [-0.2, -0.15) is 0 Å². The van der Waals surface area contributed by atoms with E-state index in [1.807, 2.05) is 13.0 Å². The second-order valence-corrected chi connectivity index (χ2v) is 3.63. The number of hydrogen-bond donors (Lipinski definition) is 1. The summed E-state index contributed by atoms with van der Waals surface area (Å²) in [5.74, 6) is -0.579. The molecular weight excluding hydrogens is 180 g/mol. The van der Waals surface area contributed by atoms with E-state index in [0.29, 0.717) is 18.8 Å². The maximum atomic E-state index is 10.8. The lowest BCUT2D eigenvalue weighted by atomic mass is 9.93. The second-order valence-electron chi connectivity index (χ2n) is 3.63. The van der Waals surface area contributed by atoms with Crippen molar-refractivity contribution in [3.8, 4) is 0 Å². The Balaban J connectivity index is 2.45. The molecule has 1 aromatic rings. The molecule has 0 amide bonds. The minimum atomic E-state index is -0.869. The van der Waals surface area contributed by atoms with Crippen molar-refractivity contribution < 1.29 is 14.6 Å². The fourth-order valence-corrected chi connectivity index (χ4v) is 1.75. The molecule has 0 fully saturated rings. The van der Waals surface area contributed by atoms with Crippen LogP contribution in [0.25, 0.3) is 0 Å². The summed E-state index contributed by atoms with van der Waals surface area (Å²) in [6, 6.07) is 5.22. The summed E-state index contributed by atoms with van der Waals surface area (Å²) in [6.07, 6.45) is 0. The number of fused-ring (bicyclic) bond motifs is 1. The van der Waals surface area contributed by atoms with Gasteiger partial charge in [0.1, 0.15) is 0 Å². The van der Waals surface area contributed by atoms with E-state index in [2.05, 4.69) is 0 Å². The molecule has 14 heavy (non-hydrogen) atoms. The Bertz CT molecular complexity index is 371. The van der Waals surface area contributed by atoms with Gasteiger partial charge in [-0.25, -0.2) is 4.79 Å². The van der Waals surface area contributed by atoms with Gasteiger partial charge in [-0.3, -0.25) is 0 Å². The first kappa shape index (κ1) is 9.21. The molecular formula is C11H12O3. The maximum absolute atomic E-state index is 10.8. The highest BCUT2D eigenvalue weighted by molar-refractivity contribution is 5.88. The highest BCUT2D eigenvalue weighted by Crippen LogP contribution is 2.26. The standard InChI is InChI=1S/C11H12O3/c1-7-5-14-6-9-3-2-8(11(12)13)4-10(7)9/h2-4,7H,5-6H2,1H3,(H,12,13). The van der Waals surface area contributed by atoms with Crippen molar-refractivity contribution in [3.63, 3.8) is 0 Å². The Morgan fingerprint density at radius 2 is 2.36 bits per heavy atom. The van der Waals surface area contributed by atoms with Gasteiger partial charge >= 0.3 is 5.97 Å². The number of hydrogen-bond acceptors (Lipinski definition) is 2. The van der Waals surface area contributed by atoms with Gasteiger partial charge in [0.25, 0.3) is 0 Å². The molecule has 3 heteroatoms. The molecule has 0 aromatic heterocycles. The van der Waals surface area contributed by atoms with Crippen LogP contribution in [0.4, 0.5) is 0 Å². The van der Waals surface area contributed by atoms with E-state index in [1.165, 1.54) is 0 Å². The van der Waals surface area contributed by atoms with E-state index < -0.39 is 5.97 Å². The topological polar surface area (TPSA) is 46.5 Å².